The first kappa shape index (κ1) is 22.8. The average molecular weight is 399 g/mol. The summed E-state index contributed by atoms with van der Waals surface area (Å²) in [5.41, 5.74) is 0. The zero-order chi connectivity index (χ0) is 17.4. The summed E-state index contributed by atoms with van der Waals surface area (Å²) in [5.74, 6) is -2.68. The fourth-order valence-corrected chi connectivity index (χ4v) is 15.3. The molecule has 0 N–H and O–H groups in total. The summed E-state index contributed by atoms with van der Waals surface area (Å²) in [6.45, 7) is 26.8. The van der Waals surface area contributed by atoms with Gasteiger partial charge in [0.05, 0.1) is 0 Å². The van der Waals surface area contributed by atoms with E-state index in [2.05, 4.69) is 89.6 Å². The number of hydrogen-bond acceptors (Lipinski definition) is 4. The molecule has 22 heavy (non-hydrogen) atoms. The van der Waals surface area contributed by atoms with Crippen molar-refractivity contribution < 1.29 is 0 Å². The van der Waals surface area contributed by atoms with E-state index in [0.717, 1.165) is 52.4 Å². The van der Waals surface area contributed by atoms with E-state index in [1.54, 1.807) is 0 Å². The Balaban J connectivity index is 6.61. The molecule has 0 aromatic carbocycles. The van der Waals surface area contributed by atoms with Crippen LogP contribution in [0.15, 0.2) is 0 Å². The number of nitrogens with zero attached hydrogens (tertiary/aromatic N) is 4. The third-order valence-corrected chi connectivity index (χ3v) is 16.4. The molecule has 0 unspecified atom stereocenters. The Morgan fingerprint density at radius 2 is 0.591 bits per heavy atom. The molecule has 0 amide bonds. The monoisotopic (exact) mass is 398 g/mol. The molecule has 0 bridgehead atoms. The average Bonchev–Trinajstić information content (AvgIpc) is 2.51. The fourth-order valence-electron chi connectivity index (χ4n) is 3.91. The van der Waals surface area contributed by atoms with Gasteiger partial charge in [-0.25, -0.2) is 0 Å². The summed E-state index contributed by atoms with van der Waals surface area (Å²) in [5, 5.41) is 0. The van der Waals surface area contributed by atoms with Crippen molar-refractivity contribution in [3.8, 4) is 0 Å². The van der Waals surface area contributed by atoms with Gasteiger partial charge in [0.25, 0.3) is 0 Å². The van der Waals surface area contributed by atoms with E-state index in [1.165, 1.54) is 0 Å². The summed E-state index contributed by atoms with van der Waals surface area (Å²) in [6, 6.07) is 0. The van der Waals surface area contributed by atoms with Gasteiger partial charge in [-0.3, -0.25) is 0 Å². The molecular weight excluding hydrogens is 359 g/mol. The summed E-state index contributed by atoms with van der Waals surface area (Å²) < 4.78 is 10.8. The topological polar surface area (TPSA) is 13.0 Å². The van der Waals surface area contributed by atoms with Crippen LogP contribution in [0, 0.1) is 0 Å². The Kier molecular flexibility index (Phi) is 10.2. The Morgan fingerprint density at radius 1 is 0.455 bits per heavy atom. The van der Waals surface area contributed by atoms with E-state index < -0.39 is 5.91 Å². The molecular formula is C16H40BrN4P. The molecule has 0 spiro atoms. The summed E-state index contributed by atoms with van der Waals surface area (Å²) in [4.78, 5) is 0. The first-order valence-corrected chi connectivity index (χ1v) is 13.2. The van der Waals surface area contributed by atoms with E-state index in [1.807, 2.05) is 0 Å². The third-order valence-electron chi connectivity index (χ3n) is 4.87. The van der Waals surface area contributed by atoms with Crippen LogP contribution in [0.5, 0.6) is 0 Å². The molecule has 0 aliphatic carbocycles. The minimum atomic E-state index is -2.68. The van der Waals surface area contributed by atoms with Gasteiger partial charge in [0.1, 0.15) is 0 Å². The number of rotatable bonds is 12. The van der Waals surface area contributed by atoms with Gasteiger partial charge in [0.15, 0.2) is 0 Å². The molecule has 0 fully saturated rings. The molecule has 0 aliphatic rings. The van der Waals surface area contributed by atoms with Crippen molar-refractivity contribution in [2.75, 3.05) is 52.4 Å². The summed E-state index contributed by atoms with van der Waals surface area (Å²) in [7, 11) is 0. The maximum atomic E-state index is 4.47. The predicted molar refractivity (Wildman–Crippen MR) is 108 cm³/mol. The van der Waals surface area contributed by atoms with Crippen LogP contribution in [0.1, 0.15) is 55.4 Å². The summed E-state index contributed by atoms with van der Waals surface area (Å²) >= 11 is 4.47. The van der Waals surface area contributed by atoms with Gasteiger partial charge in [0.2, 0.25) is 0 Å². The van der Waals surface area contributed by atoms with E-state index in [-0.39, 0.29) is 0 Å². The third kappa shape index (κ3) is 3.41. The van der Waals surface area contributed by atoms with Gasteiger partial charge >= 0.3 is 148 Å². The molecule has 0 saturated heterocycles. The molecule has 4 nitrogen and oxygen atoms in total. The van der Waals surface area contributed by atoms with Crippen LogP contribution in [0.25, 0.3) is 0 Å². The second-order valence-electron chi connectivity index (χ2n) is 5.39. The first-order chi connectivity index (χ1) is 10.4. The normalized spacial score (nSPS) is 15.0. The van der Waals surface area contributed by atoms with Crippen molar-refractivity contribution >= 4 is 21.4 Å². The van der Waals surface area contributed by atoms with Crippen molar-refractivity contribution in [2.45, 2.75) is 55.4 Å². The molecule has 136 valence electrons. The zero-order valence-electron chi connectivity index (χ0n) is 16.3. The molecule has 6 heteroatoms. The Hall–Kier alpha value is 0.750. The van der Waals surface area contributed by atoms with Crippen LogP contribution in [0.2, 0.25) is 0 Å². The quantitative estimate of drug-likeness (QED) is 0.434. The van der Waals surface area contributed by atoms with Crippen molar-refractivity contribution in [3.05, 3.63) is 0 Å². The van der Waals surface area contributed by atoms with Gasteiger partial charge in [-0.15, -0.1) is 0 Å². The Morgan fingerprint density at radius 3 is 0.682 bits per heavy atom. The van der Waals surface area contributed by atoms with E-state index in [0.29, 0.717) is 0 Å². The van der Waals surface area contributed by atoms with Crippen LogP contribution in [0.3, 0.4) is 0 Å². The first-order valence-electron chi connectivity index (χ1n) is 9.16. The second-order valence-corrected chi connectivity index (χ2v) is 13.1. The number of halogens is 1. The number of hydrogen-bond donors (Lipinski definition) is 0. The Bertz CT molecular complexity index is 241. The van der Waals surface area contributed by atoms with Crippen LogP contribution in [0.4, 0.5) is 0 Å². The minimum absolute atomic E-state index is 1.06. The SMILES string of the molecule is CCN(CC)P(Br)(N(CC)CC)(N(CC)CC)N(CC)CC. The van der Waals surface area contributed by atoms with E-state index in [9.17, 15) is 0 Å². The van der Waals surface area contributed by atoms with Crippen LogP contribution in [-0.4, -0.2) is 71.0 Å². The zero-order valence-corrected chi connectivity index (χ0v) is 18.8. The van der Waals surface area contributed by atoms with Gasteiger partial charge < -0.3 is 0 Å². The van der Waals surface area contributed by atoms with Gasteiger partial charge in [-0.2, -0.15) is 0 Å². The maximum absolute atomic E-state index is 4.47. The van der Waals surface area contributed by atoms with Crippen LogP contribution in [-0.2, 0) is 0 Å². The molecule has 0 aromatic heterocycles. The molecule has 0 atom stereocenters. The predicted octanol–water partition coefficient (Wildman–Crippen LogP) is 4.88. The fraction of sp³-hybridized carbons (Fsp3) is 1.00. The summed E-state index contributed by atoms with van der Waals surface area (Å²) in [6.07, 6.45) is 0. The van der Waals surface area contributed by atoms with E-state index in [4.69, 9.17) is 0 Å². The molecule has 0 radical (unpaired) electrons. The van der Waals surface area contributed by atoms with Gasteiger partial charge in [-0.05, 0) is 0 Å². The van der Waals surface area contributed by atoms with Crippen molar-refractivity contribution in [1.29, 1.82) is 0 Å². The molecule has 0 rings (SSSR count). The van der Waals surface area contributed by atoms with Crippen LogP contribution >= 0.6 is 21.4 Å². The molecule has 0 saturated carbocycles. The Labute approximate surface area is 148 Å². The molecule has 0 heterocycles. The van der Waals surface area contributed by atoms with Crippen LogP contribution < -0.4 is 0 Å². The molecule has 0 aliphatic heterocycles. The standard InChI is InChI=1S/C16H40BrN4P/c1-9-18(10-2)22(17,19(11-3)12-4,20(13-5)14-6)21(15-7)16-8/h9-16H2,1-8H3. The van der Waals surface area contributed by atoms with Crippen molar-refractivity contribution in [1.82, 2.24) is 18.7 Å². The van der Waals surface area contributed by atoms with Crippen molar-refractivity contribution in [3.63, 3.8) is 0 Å². The molecule has 0 aromatic rings. The second kappa shape index (κ2) is 9.90. The van der Waals surface area contributed by atoms with Crippen molar-refractivity contribution in [2.24, 2.45) is 0 Å². The van der Waals surface area contributed by atoms with Gasteiger partial charge in [0, 0.05) is 0 Å². The van der Waals surface area contributed by atoms with E-state index >= 15 is 0 Å². The van der Waals surface area contributed by atoms with Gasteiger partial charge in [-0.1, -0.05) is 0 Å².